The lowest BCUT2D eigenvalue weighted by Gasteiger charge is -2.10. The Hall–Kier alpha value is -2.80. The van der Waals surface area contributed by atoms with Crippen LogP contribution in [-0.4, -0.2) is 20.2 Å². The maximum absolute atomic E-state index is 13.7. The fourth-order valence-electron chi connectivity index (χ4n) is 1.90. The van der Waals surface area contributed by atoms with Crippen LogP contribution in [0.4, 0.5) is 4.39 Å². The molecule has 0 amide bonds. The molecule has 3 aromatic rings. The molecule has 2 aromatic carbocycles. The van der Waals surface area contributed by atoms with E-state index in [0.717, 1.165) is 5.69 Å². The minimum Gasteiger partial charge on any atom is -0.423 e. The number of hydrogen-bond donors (Lipinski definition) is 1. The second-order valence-corrected chi connectivity index (χ2v) is 4.23. The van der Waals surface area contributed by atoms with Gasteiger partial charge in [0.15, 0.2) is 0 Å². The highest BCUT2D eigenvalue weighted by molar-refractivity contribution is 5.38. The average Bonchev–Trinajstić information content (AvgIpc) is 2.97. The van der Waals surface area contributed by atoms with Crippen LogP contribution in [0.15, 0.2) is 48.5 Å². The third kappa shape index (κ3) is 2.59. The Bertz CT molecular complexity index is 744. The van der Waals surface area contributed by atoms with Gasteiger partial charge in [0.1, 0.15) is 11.6 Å². The Balaban J connectivity index is 1.98. The molecule has 2 N–H and O–H groups in total. The molecule has 0 unspecified atom stereocenters. The largest absolute Gasteiger partial charge is 0.423 e. The monoisotopic (exact) mass is 285 g/mol. The van der Waals surface area contributed by atoms with Crippen molar-refractivity contribution in [3.8, 4) is 17.4 Å². The minimum absolute atomic E-state index is 0.0227. The Kier molecular flexibility index (Phi) is 3.57. The number of rotatable bonds is 4. The zero-order valence-electron chi connectivity index (χ0n) is 11.0. The molecule has 0 saturated carbocycles. The molecule has 0 spiro atoms. The molecule has 0 atom stereocenters. The summed E-state index contributed by atoms with van der Waals surface area (Å²) in [6.45, 7) is 0.0227. The summed E-state index contributed by atoms with van der Waals surface area (Å²) >= 11 is 0. The molecule has 1 aromatic heterocycles. The zero-order valence-corrected chi connectivity index (χ0v) is 11.0. The number of ether oxygens (including phenoxy) is 1. The Morgan fingerprint density at radius 2 is 1.90 bits per heavy atom. The molecule has 0 saturated heterocycles. The van der Waals surface area contributed by atoms with E-state index in [9.17, 15) is 4.39 Å². The fourth-order valence-corrected chi connectivity index (χ4v) is 1.90. The summed E-state index contributed by atoms with van der Waals surface area (Å²) in [6, 6.07) is 13.9. The summed E-state index contributed by atoms with van der Waals surface area (Å²) in [4.78, 5) is 0. The molecule has 0 aliphatic carbocycles. The summed E-state index contributed by atoms with van der Waals surface area (Å²) in [5, 5.41) is 11.3. The van der Waals surface area contributed by atoms with Crippen LogP contribution in [-0.2, 0) is 6.54 Å². The summed E-state index contributed by atoms with van der Waals surface area (Å²) in [6.07, 6.45) is 0. The predicted octanol–water partition coefficient (Wildman–Crippen LogP) is 2.05. The van der Waals surface area contributed by atoms with Crippen molar-refractivity contribution in [3.05, 3.63) is 59.9 Å². The van der Waals surface area contributed by atoms with E-state index in [1.165, 1.54) is 10.7 Å². The fraction of sp³-hybridized carbons (Fsp3) is 0.0714. The number of halogens is 1. The topological polar surface area (TPSA) is 78.8 Å². The molecule has 0 aliphatic heterocycles. The molecule has 7 heteroatoms. The lowest BCUT2D eigenvalue weighted by Crippen LogP contribution is -2.05. The van der Waals surface area contributed by atoms with Gasteiger partial charge >= 0.3 is 6.01 Å². The van der Waals surface area contributed by atoms with Crippen molar-refractivity contribution < 1.29 is 9.13 Å². The van der Waals surface area contributed by atoms with Gasteiger partial charge < -0.3 is 10.5 Å². The average molecular weight is 285 g/mol. The number of hydrogen-bond acceptors (Lipinski definition) is 5. The maximum Gasteiger partial charge on any atom is 0.345 e. The minimum atomic E-state index is -0.422. The van der Waals surface area contributed by atoms with E-state index in [4.69, 9.17) is 10.5 Å². The van der Waals surface area contributed by atoms with Crippen LogP contribution in [0.1, 0.15) is 5.56 Å². The molecule has 3 rings (SSSR count). The number of benzene rings is 2. The molecule has 106 valence electrons. The van der Waals surface area contributed by atoms with Crippen LogP contribution in [0.25, 0.3) is 5.69 Å². The number of para-hydroxylation sites is 1. The van der Waals surface area contributed by atoms with E-state index in [1.807, 2.05) is 30.3 Å². The first-order valence-electron chi connectivity index (χ1n) is 6.28. The van der Waals surface area contributed by atoms with Crippen molar-refractivity contribution in [1.29, 1.82) is 0 Å². The molecule has 0 aliphatic rings. The van der Waals surface area contributed by atoms with E-state index < -0.39 is 5.82 Å². The smallest absolute Gasteiger partial charge is 0.345 e. The SMILES string of the molecule is NCc1c(F)cccc1Oc1nnnn1-c1ccccc1. The van der Waals surface area contributed by atoms with E-state index >= 15 is 0 Å². The Morgan fingerprint density at radius 3 is 2.67 bits per heavy atom. The first-order chi connectivity index (χ1) is 10.3. The number of tetrazole rings is 1. The van der Waals surface area contributed by atoms with Gasteiger partial charge in [-0.3, -0.25) is 0 Å². The Morgan fingerprint density at radius 1 is 1.10 bits per heavy atom. The maximum atomic E-state index is 13.7. The number of nitrogens with two attached hydrogens (primary N) is 1. The lowest BCUT2D eigenvalue weighted by atomic mass is 10.2. The molecule has 0 bridgehead atoms. The van der Waals surface area contributed by atoms with Crippen LogP contribution >= 0.6 is 0 Å². The lowest BCUT2D eigenvalue weighted by molar-refractivity contribution is 0.417. The second kappa shape index (κ2) is 5.68. The summed E-state index contributed by atoms with van der Waals surface area (Å²) < 4.78 is 20.7. The van der Waals surface area contributed by atoms with Gasteiger partial charge in [-0.05, 0) is 34.7 Å². The van der Waals surface area contributed by atoms with Crippen LogP contribution < -0.4 is 10.5 Å². The van der Waals surface area contributed by atoms with Gasteiger partial charge in [0.05, 0.1) is 5.69 Å². The van der Waals surface area contributed by atoms with Crippen molar-refractivity contribution in [3.63, 3.8) is 0 Å². The summed E-state index contributed by atoms with van der Waals surface area (Å²) in [7, 11) is 0. The molecule has 21 heavy (non-hydrogen) atoms. The predicted molar refractivity (Wildman–Crippen MR) is 73.5 cm³/mol. The quantitative estimate of drug-likeness (QED) is 0.793. The van der Waals surface area contributed by atoms with Gasteiger partial charge in [0.25, 0.3) is 0 Å². The highest BCUT2D eigenvalue weighted by Gasteiger charge is 2.14. The van der Waals surface area contributed by atoms with Gasteiger partial charge in [-0.1, -0.05) is 29.4 Å². The van der Waals surface area contributed by atoms with Gasteiger partial charge in [0.2, 0.25) is 0 Å². The van der Waals surface area contributed by atoms with Crippen LogP contribution in [0.5, 0.6) is 11.8 Å². The highest BCUT2D eigenvalue weighted by Crippen LogP contribution is 2.26. The van der Waals surface area contributed by atoms with E-state index in [-0.39, 0.29) is 18.1 Å². The number of aromatic nitrogens is 4. The van der Waals surface area contributed by atoms with Gasteiger partial charge in [-0.25, -0.2) is 4.39 Å². The summed E-state index contributed by atoms with van der Waals surface area (Å²) in [5.41, 5.74) is 6.57. The third-order valence-corrected chi connectivity index (χ3v) is 2.92. The van der Waals surface area contributed by atoms with Crippen molar-refractivity contribution in [2.24, 2.45) is 5.73 Å². The molecule has 0 fully saturated rings. The highest BCUT2D eigenvalue weighted by atomic mass is 19.1. The van der Waals surface area contributed by atoms with Gasteiger partial charge in [0, 0.05) is 12.1 Å². The zero-order chi connectivity index (χ0) is 14.7. The normalized spacial score (nSPS) is 10.6. The molecule has 0 radical (unpaired) electrons. The van der Waals surface area contributed by atoms with E-state index in [0.29, 0.717) is 5.75 Å². The Labute approximate surface area is 120 Å². The van der Waals surface area contributed by atoms with Crippen molar-refractivity contribution in [1.82, 2.24) is 20.2 Å². The molecule has 1 heterocycles. The van der Waals surface area contributed by atoms with E-state index in [1.54, 1.807) is 12.1 Å². The van der Waals surface area contributed by atoms with Crippen LogP contribution in [0.2, 0.25) is 0 Å². The van der Waals surface area contributed by atoms with Gasteiger partial charge in [-0.2, -0.15) is 4.68 Å². The number of nitrogens with zero attached hydrogens (tertiary/aromatic N) is 4. The van der Waals surface area contributed by atoms with Crippen LogP contribution in [0, 0.1) is 5.82 Å². The first kappa shape index (κ1) is 13.2. The third-order valence-electron chi connectivity index (χ3n) is 2.92. The van der Waals surface area contributed by atoms with Crippen molar-refractivity contribution in [2.45, 2.75) is 6.54 Å². The molecular weight excluding hydrogens is 273 g/mol. The van der Waals surface area contributed by atoms with Crippen molar-refractivity contribution in [2.75, 3.05) is 0 Å². The van der Waals surface area contributed by atoms with Crippen molar-refractivity contribution >= 4 is 0 Å². The first-order valence-corrected chi connectivity index (χ1v) is 6.28. The molecular formula is C14H12FN5O. The summed E-state index contributed by atoms with van der Waals surface area (Å²) in [5.74, 6) is -0.127. The second-order valence-electron chi connectivity index (χ2n) is 4.23. The van der Waals surface area contributed by atoms with Gasteiger partial charge in [-0.15, -0.1) is 0 Å². The van der Waals surface area contributed by atoms with Crippen LogP contribution in [0.3, 0.4) is 0 Å². The standard InChI is InChI=1S/C14H12FN5O/c15-12-7-4-8-13(11(12)9-16)21-14-17-18-19-20(14)10-5-2-1-3-6-10/h1-8H,9,16H2. The van der Waals surface area contributed by atoms with E-state index in [2.05, 4.69) is 15.5 Å². The molecule has 6 nitrogen and oxygen atoms in total.